The Hall–Kier alpha value is 0.210. The van der Waals surface area contributed by atoms with Crippen LogP contribution < -0.4 is 10.5 Å². The summed E-state index contributed by atoms with van der Waals surface area (Å²) in [5, 5.41) is 10.3. The van der Waals surface area contributed by atoms with E-state index < -0.39 is 10.0 Å². The molecule has 3 N–H and O–H groups in total. The van der Waals surface area contributed by atoms with Gasteiger partial charge in [0.05, 0.1) is 4.58 Å². The van der Waals surface area contributed by atoms with Crippen LogP contribution in [0.25, 0.3) is 0 Å². The smallest absolute Gasteiger partial charge is 0.244 e. The number of sulfonamides is 1. The van der Waals surface area contributed by atoms with Crippen molar-refractivity contribution in [3.8, 4) is 0 Å². The normalized spacial score (nSPS) is 21.7. The van der Waals surface area contributed by atoms with E-state index in [1.165, 1.54) is 11.8 Å². The molecule has 0 aliphatic carbocycles. The van der Waals surface area contributed by atoms with E-state index in [0.29, 0.717) is 0 Å². The fourth-order valence-electron chi connectivity index (χ4n) is 1.48. The minimum Gasteiger partial charge on any atom is -0.385 e. The van der Waals surface area contributed by atoms with Crippen molar-refractivity contribution >= 4 is 58.4 Å². The summed E-state index contributed by atoms with van der Waals surface area (Å²) in [7, 11) is -3.58. The number of nitrogens with two attached hydrogens (primary N) is 1. The van der Waals surface area contributed by atoms with E-state index in [0.717, 1.165) is 17.8 Å². The molecular weight excluding hydrogens is 335 g/mol. The summed E-state index contributed by atoms with van der Waals surface area (Å²) in [5.74, 6) is 0. The molecule has 4 nitrogen and oxygen atoms in total. The van der Waals surface area contributed by atoms with Crippen molar-refractivity contribution in [3.05, 3.63) is 33.1 Å². The van der Waals surface area contributed by atoms with Gasteiger partial charge in [-0.15, -0.1) is 36.6 Å². The lowest BCUT2D eigenvalue weighted by molar-refractivity contribution is 0.605. The highest BCUT2D eigenvalue weighted by Crippen LogP contribution is 2.47. The Kier molecular flexibility index (Phi) is 7.20. The van der Waals surface area contributed by atoms with E-state index in [1.807, 2.05) is 18.4 Å². The third-order valence-corrected chi connectivity index (χ3v) is 6.04. The number of primary sulfonamides is 1. The summed E-state index contributed by atoms with van der Waals surface area (Å²) in [6.45, 7) is 2.81. The van der Waals surface area contributed by atoms with Gasteiger partial charge < -0.3 is 5.32 Å². The number of fused-ring (bicyclic) bond motifs is 1. The van der Waals surface area contributed by atoms with Crippen LogP contribution in [0.3, 0.4) is 0 Å². The molecule has 2 rings (SSSR count). The van der Waals surface area contributed by atoms with Crippen LogP contribution in [-0.2, 0) is 10.0 Å². The standard InChI is InChI=1S/C9H12N2O2S3.2ClH/c1-2-11-7-3-4-14-9-6(7)5-8(15-9)16(10,12)13;;/h3-5,9,11H,2H2,1H3,(H2,10,12,13);2*1H. The maximum Gasteiger partial charge on any atom is 0.244 e. The zero-order valence-corrected chi connectivity index (χ0v) is 13.5. The van der Waals surface area contributed by atoms with Crippen molar-refractivity contribution in [1.82, 2.24) is 5.32 Å². The van der Waals surface area contributed by atoms with Gasteiger partial charge in [-0.3, -0.25) is 0 Å². The topological polar surface area (TPSA) is 72.2 Å². The monoisotopic (exact) mass is 348 g/mol. The average Bonchev–Trinajstić information content (AvgIpc) is 2.62. The zero-order chi connectivity index (χ0) is 11.8. The molecule has 0 aromatic rings. The first-order valence-corrected chi connectivity index (χ1v) is 8.10. The molecule has 0 amide bonds. The Bertz CT molecular complexity index is 500. The number of hydrogen-bond acceptors (Lipinski definition) is 5. The van der Waals surface area contributed by atoms with Crippen molar-refractivity contribution in [3.63, 3.8) is 0 Å². The van der Waals surface area contributed by atoms with Gasteiger partial charge in [-0.25, -0.2) is 13.6 Å². The molecule has 1 atom stereocenters. The fourth-order valence-corrected chi connectivity index (χ4v) is 4.93. The number of rotatable bonds is 3. The first-order valence-electron chi connectivity index (χ1n) is 4.73. The number of allylic oxidation sites excluding steroid dienone is 2. The molecule has 0 fully saturated rings. The van der Waals surface area contributed by atoms with Crippen LogP contribution in [0, 0.1) is 0 Å². The minimum atomic E-state index is -3.58. The molecule has 0 saturated carbocycles. The van der Waals surface area contributed by atoms with Crippen molar-refractivity contribution < 1.29 is 8.42 Å². The third-order valence-electron chi connectivity index (χ3n) is 2.15. The third kappa shape index (κ3) is 3.85. The molecule has 1 unspecified atom stereocenters. The molecule has 18 heavy (non-hydrogen) atoms. The Morgan fingerprint density at radius 3 is 2.67 bits per heavy atom. The number of halogens is 2. The molecule has 0 aromatic carbocycles. The van der Waals surface area contributed by atoms with Crippen LogP contribution in [0.15, 0.2) is 33.1 Å². The van der Waals surface area contributed by atoms with Gasteiger partial charge in [0.15, 0.2) is 0 Å². The first-order chi connectivity index (χ1) is 7.52. The van der Waals surface area contributed by atoms with Gasteiger partial charge in [0, 0.05) is 17.8 Å². The molecule has 9 heteroatoms. The molecule has 2 aliphatic heterocycles. The Labute approximate surface area is 128 Å². The van der Waals surface area contributed by atoms with E-state index in [9.17, 15) is 8.42 Å². The predicted octanol–water partition coefficient (Wildman–Crippen LogP) is 2.16. The van der Waals surface area contributed by atoms with Gasteiger partial charge in [0.25, 0.3) is 0 Å². The van der Waals surface area contributed by atoms with Crippen molar-refractivity contribution in [2.45, 2.75) is 11.5 Å². The second-order valence-electron chi connectivity index (χ2n) is 3.30. The summed E-state index contributed by atoms with van der Waals surface area (Å²) in [5.41, 5.74) is 1.99. The van der Waals surface area contributed by atoms with Crippen LogP contribution >= 0.6 is 48.3 Å². The van der Waals surface area contributed by atoms with Gasteiger partial charge in [0.2, 0.25) is 10.0 Å². The maximum absolute atomic E-state index is 11.3. The fraction of sp³-hybridized carbons (Fsp3) is 0.333. The van der Waals surface area contributed by atoms with E-state index in [2.05, 4.69) is 5.32 Å². The second-order valence-corrected chi connectivity index (χ2v) is 7.55. The van der Waals surface area contributed by atoms with Crippen molar-refractivity contribution in [2.24, 2.45) is 5.14 Å². The summed E-state index contributed by atoms with van der Waals surface area (Å²) >= 11 is 2.89. The van der Waals surface area contributed by atoms with E-state index in [1.54, 1.807) is 17.8 Å². The summed E-state index contributed by atoms with van der Waals surface area (Å²) in [4.78, 5) is 0. The quantitative estimate of drug-likeness (QED) is 0.817. The molecule has 104 valence electrons. The maximum atomic E-state index is 11.3. The Morgan fingerprint density at radius 2 is 2.11 bits per heavy atom. The first kappa shape index (κ1) is 18.2. The molecular formula is C9H14Cl2N2O2S3. The lowest BCUT2D eigenvalue weighted by Crippen LogP contribution is -2.16. The molecule has 0 aromatic heterocycles. The van der Waals surface area contributed by atoms with Gasteiger partial charge >= 0.3 is 0 Å². The van der Waals surface area contributed by atoms with Crippen LogP contribution in [0.4, 0.5) is 0 Å². The van der Waals surface area contributed by atoms with Gasteiger partial charge in [-0.1, -0.05) is 11.8 Å². The number of thioether (sulfide) groups is 2. The average molecular weight is 349 g/mol. The van der Waals surface area contributed by atoms with Crippen molar-refractivity contribution in [2.75, 3.05) is 6.54 Å². The minimum absolute atomic E-state index is 0. The molecule has 2 aliphatic rings. The highest BCUT2D eigenvalue weighted by atomic mass is 35.5. The Morgan fingerprint density at radius 1 is 1.44 bits per heavy atom. The molecule has 2 heterocycles. The second kappa shape index (κ2) is 7.12. The highest BCUT2D eigenvalue weighted by molar-refractivity contribution is 8.26. The molecule has 0 spiro atoms. The van der Waals surface area contributed by atoms with E-state index in [-0.39, 0.29) is 33.6 Å². The summed E-state index contributed by atoms with van der Waals surface area (Å²) in [6.07, 6.45) is 3.63. The van der Waals surface area contributed by atoms with Gasteiger partial charge in [-0.05, 0) is 24.5 Å². The molecule has 0 saturated heterocycles. The summed E-state index contributed by atoms with van der Waals surface area (Å²) < 4.78 is 22.9. The van der Waals surface area contributed by atoms with E-state index in [4.69, 9.17) is 5.14 Å². The van der Waals surface area contributed by atoms with Crippen LogP contribution in [-0.4, -0.2) is 19.5 Å². The Balaban J connectivity index is 0.00000144. The van der Waals surface area contributed by atoms with Crippen LogP contribution in [0.5, 0.6) is 0 Å². The number of likely N-dealkylation sites (N-methyl/N-ethyl adjacent to an activating group) is 1. The van der Waals surface area contributed by atoms with Crippen LogP contribution in [0.2, 0.25) is 0 Å². The van der Waals surface area contributed by atoms with Gasteiger partial charge in [0.1, 0.15) is 4.24 Å². The van der Waals surface area contributed by atoms with Gasteiger partial charge in [-0.2, -0.15) is 0 Å². The SMILES string of the molecule is CCNC1=C2C=C(S(N)(=O)=O)SC2SC=C1.Cl.Cl. The number of nitrogens with one attached hydrogen (secondary N) is 1. The largest absolute Gasteiger partial charge is 0.385 e. The van der Waals surface area contributed by atoms with Crippen molar-refractivity contribution in [1.29, 1.82) is 0 Å². The van der Waals surface area contributed by atoms with E-state index >= 15 is 0 Å². The molecule has 0 radical (unpaired) electrons. The van der Waals surface area contributed by atoms with Crippen LogP contribution in [0.1, 0.15) is 6.92 Å². The lowest BCUT2D eigenvalue weighted by atomic mass is 10.2. The number of hydrogen-bond donors (Lipinski definition) is 2. The highest BCUT2D eigenvalue weighted by Gasteiger charge is 2.31. The zero-order valence-electron chi connectivity index (χ0n) is 9.45. The molecule has 0 bridgehead atoms. The predicted molar refractivity (Wildman–Crippen MR) is 84.5 cm³/mol. The lowest BCUT2D eigenvalue weighted by Gasteiger charge is -2.17. The summed E-state index contributed by atoms with van der Waals surface area (Å²) in [6, 6.07) is 0.